The molecule has 274 valence electrons. The summed E-state index contributed by atoms with van der Waals surface area (Å²) in [6.07, 6.45) is -6.09. The van der Waals surface area contributed by atoms with Gasteiger partial charge in [0.05, 0.1) is 18.2 Å². The van der Waals surface area contributed by atoms with E-state index < -0.39 is 84.0 Å². The molecule has 1 aromatic rings. The van der Waals surface area contributed by atoms with Crippen LogP contribution in [0.5, 0.6) is 5.75 Å². The molecule has 0 saturated carbocycles. The quantitative estimate of drug-likeness (QED) is 0.142. The van der Waals surface area contributed by atoms with Crippen LogP contribution < -0.4 is 16.0 Å². The van der Waals surface area contributed by atoms with Crippen LogP contribution in [0, 0.1) is 19.8 Å². The third-order valence-corrected chi connectivity index (χ3v) is 9.13. The average Bonchev–Trinajstić information content (AvgIpc) is 3.34. The summed E-state index contributed by atoms with van der Waals surface area (Å²) in [5, 5.41) is 62.0. The first-order chi connectivity index (χ1) is 22.6. The number of hydrogen-bond donors (Lipinski definition) is 8. The number of amides is 3. The van der Waals surface area contributed by atoms with Crippen molar-refractivity contribution in [1.29, 1.82) is 0 Å². The highest BCUT2D eigenvalue weighted by Crippen LogP contribution is 2.36. The third kappa shape index (κ3) is 9.48. The third-order valence-electron chi connectivity index (χ3n) is 9.13. The molecule has 0 spiro atoms. The van der Waals surface area contributed by atoms with E-state index in [-0.39, 0.29) is 36.7 Å². The number of phenols is 1. The van der Waals surface area contributed by atoms with Gasteiger partial charge in [0, 0.05) is 50.0 Å². The lowest BCUT2D eigenvalue weighted by molar-refractivity contribution is -0.229. The van der Waals surface area contributed by atoms with E-state index in [0.717, 1.165) is 0 Å². The molecule has 0 aromatic heterocycles. The van der Waals surface area contributed by atoms with Crippen LogP contribution >= 0.6 is 0 Å². The number of phenolic OH excluding ortho intramolecular Hbond substituents is 1. The molecule has 8 atom stereocenters. The Hall–Kier alpha value is -3.76. The van der Waals surface area contributed by atoms with E-state index in [2.05, 4.69) is 22.5 Å². The molecule has 2 saturated heterocycles. The van der Waals surface area contributed by atoms with Gasteiger partial charge in [-0.15, -0.1) is 6.58 Å². The van der Waals surface area contributed by atoms with Crippen molar-refractivity contribution in [3.8, 4) is 5.75 Å². The van der Waals surface area contributed by atoms with E-state index in [1.165, 1.54) is 19.1 Å². The van der Waals surface area contributed by atoms with Crippen LogP contribution in [-0.4, -0.2) is 128 Å². The maximum atomic E-state index is 12.8. The number of aryl methyl sites for hydroxylation is 2. The largest absolute Gasteiger partial charge is 0.507 e. The Kier molecular flexibility index (Phi) is 12.5. The second-order valence-electron chi connectivity index (χ2n) is 14.4. The number of carbonyl (C=O) groups is 4. The molecule has 2 heterocycles. The molecular formula is C34H52N4O11. The Bertz CT molecular complexity index is 1390. The summed E-state index contributed by atoms with van der Waals surface area (Å²) in [6.45, 7) is 15.6. The highest BCUT2D eigenvalue weighted by molar-refractivity contribution is 5.94. The smallest absolute Gasteiger partial charge is 0.410 e. The van der Waals surface area contributed by atoms with Crippen LogP contribution in [0.25, 0.3) is 0 Å². The monoisotopic (exact) mass is 692 g/mol. The molecule has 8 N–H and O–H groups in total. The number of carboxylic acids is 1. The lowest BCUT2D eigenvalue weighted by Gasteiger charge is -2.47. The van der Waals surface area contributed by atoms with Crippen molar-refractivity contribution < 1.29 is 54.2 Å². The van der Waals surface area contributed by atoms with Gasteiger partial charge in [0.2, 0.25) is 5.91 Å². The topological polar surface area (TPSA) is 227 Å². The number of ether oxygens (including phenoxy) is 2. The molecule has 15 heteroatoms. The predicted molar refractivity (Wildman–Crippen MR) is 178 cm³/mol. The maximum absolute atomic E-state index is 12.8. The highest BCUT2D eigenvalue weighted by Gasteiger charge is 2.54. The van der Waals surface area contributed by atoms with E-state index >= 15 is 0 Å². The first-order valence-corrected chi connectivity index (χ1v) is 16.3. The van der Waals surface area contributed by atoms with Crippen molar-refractivity contribution in [2.45, 2.75) is 109 Å². The summed E-state index contributed by atoms with van der Waals surface area (Å²) < 4.78 is 11.6. The van der Waals surface area contributed by atoms with Crippen molar-refractivity contribution in [3.63, 3.8) is 0 Å². The number of aliphatic hydroxyl groups excluding tert-OH is 3. The van der Waals surface area contributed by atoms with Crippen LogP contribution in [0.4, 0.5) is 4.79 Å². The number of benzene rings is 1. The van der Waals surface area contributed by atoms with E-state index in [9.17, 15) is 44.7 Å². The van der Waals surface area contributed by atoms with Crippen LogP contribution in [0.15, 0.2) is 24.8 Å². The number of rotatable bonds is 12. The number of aliphatic hydroxyl groups is 3. The molecule has 0 unspecified atom stereocenters. The standard InChI is InChI=1S/C34H52N4O11/c1-9-22-16-38(31(47)49-32(5,6)7)17-33(22,8)36-11-10-34(30(45)46)14-23(40)25(37-20(4)39)28(48-34)27(43)24(41)15-35-29(44)21-12-18(2)26(42)19(3)13-21/h9,12-13,22-25,27-28,36,40-43H,1,10-11,14-17H2,2-8H3,(H,35,44)(H,37,39)(H,45,46)/t22-,23+,24-,25-,27-,28-,33+,34-/m1/s1. The number of nitrogens with zero attached hydrogens (tertiary/aromatic N) is 1. The summed E-state index contributed by atoms with van der Waals surface area (Å²) in [6, 6.07) is 1.63. The Morgan fingerprint density at radius 3 is 2.33 bits per heavy atom. The Balaban J connectivity index is 1.77. The number of hydrogen-bond acceptors (Lipinski definition) is 11. The lowest BCUT2D eigenvalue weighted by Crippen LogP contribution is -2.68. The Morgan fingerprint density at radius 2 is 1.80 bits per heavy atom. The van der Waals surface area contributed by atoms with E-state index in [1.54, 1.807) is 45.6 Å². The second-order valence-corrected chi connectivity index (χ2v) is 14.4. The zero-order valence-corrected chi connectivity index (χ0v) is 29.3. The van der Waals surface area contributed by atoms with Gasteiger partial charge >= 0.3 is 12.1 Å². The maximum Gasteiger partial charge on any atom is 0.410 e. The minimum absolute atomic E-state index is 0.0414. The summed E-state index contributed by atoms with van der Waals surface area (Å²) in [4.78, 5) is 51.9. The molecule has 0 bridgehead atoms. The van der Waals surface area contributed by atoms with Gasteiger partial charge in [0.25, 0.3) is 5.91 Å². The molecule has 1 aromatic carbocycles. The summed E-state index contributed by atoms with van der Waals surface area (Å²) >= 11 is 0. The molecule has 2 aliphatic heterocycles. The molecule has 0 aliphatic carbocycles. The number of aliphatic carboxylic acids is 1. The lowest BCUT2D eigenvalue weighted by atomic mass is 9.81. The zero-order chi connectivity index (χ0) is 37.1. The molecule has 3 rings (SSSR count). The highest BCUT2D eigenvalue weighted by atomic mass is 16.6. The summed E-state index contributed by atoms with van der Waals surface area (Å²) in [7, 11) is 0. The molecule has 2 aliphatic rings. The number of carboxylic acid groups (broad SMARTS) is 1. The SMILES string of the molecule is C=C[C@@H]1CN(C(=O)OC(C)(C)C)C[C@]1(C)NCC[C@]1(C(=O)O)C[C@H](O)[C@@H](NC(C)=O)[C@H]([C@H](O)[C@H](O)CNC(=O)c2cc(C)c(O)c(C)c2)O1. The minimum atomic E-state index is -2.05. The van der Waals surface area contributed by atoms with Crippen LogP contribution in [0.3, 0.4) is 0 Å². The van der Waals surface area contributed by atoms with Crippen molar-refractivity contribution >= 4 is 23.9 Å². The fourth-order valence-corrected chi connectivity index (χ4v) is 6.45. The first-order valence-electron chi connectivity index (χ1n) is 16.3. The van der Waals surface area contributed by atoms with Crippen LogP contribution in [0.2, 0.25) is 0 Å². The molecule has 15 nitrogen and oxygen atoms in total. The molecular weight excluding hydrogens is 640 g/mol. The van der Waals surface area contributed by atoms with Gasteiger partial charge in [-0.2, -0.15) is 0 Å². The minimum Gasteiger partial charge on any atom is -0.507 e. The number of likely N-dealkylation sites (tertiary alicyclic amines) is 1. The van der Waals surface area contributed by atoms with E-state index in [4.69, 9.17) is 9.47 Å². The van der Waals surface area contributed by atoms with Crippen LogP contribution in [-0.2, 0) is 19.1 Å². The fourth-order valence-electron chi connectivity index (χ4n) is 6.45. The number of carbonyl (C=O) groups excluding carboxylic acids is 3. The fraction of sp³-hybridized carbons (Fsp3) is 0.647. The first kappa shape index (κ1) is 39.7. The Morgan fingerprint density at radius 1 is 1.18 bits per heavy atom. The summed E-state index contributed by atoms with van der Waals surface area (Å²) in [5.74, 6) is -2.79. The van der Waals surface area contributed by atoms with E-state index in [0.29, 0.717) is 17.7 Å². The van der Waals surface area contributed by atoms with Crippen LogP contribution in [0.1, 0.15) is 68.9 Å². The average molecular weight is 693 g/mol. The van der Waals surface area contributed by atoms with Crippen molar-refractivity contribution in [2.24, 2.45) is 5.92 Å². The van der Waals surface area contributed by atoms with Gasteiger partial charge in [-0.1, -0.05) is 6.08 Å². The second kappa shape index (κ2) is 15.4. The molecule has 49 heavy (non-hydrogen) atoms. The number of aromatic hydroxyl groups is 1. The molecule has 3 amide bonds. The normalized spacial score (nSPS) is 28.3. The van der Waals surface area contributed by atoms with Crippen molar-refractivity contribution in [2.75, 3.05) is 26.2 Å². The van der Waals surface area contributed by atoms with Gasteiger partial charge < -0.3 is 55.9 Å². The Labute approximate surface area is 286 Å². The van der Waals surface area contributed by atoms with Gasteiger partial charge in [0.1, 0.15) is 23.6 Å². The van der Waals surface area contributed by atoms with Crippen molar-refractivity contribution in [1.82, 2.24) is 20.9 Å². The molecule has 2 fully saturated rings. The van der Waals surface area contributed by atoms with Crippen molar-refractivity contribution in [3.05, 3.63) is 41.5 Å². The number of nitrogens with one attached hydrogen (secondary N) is 3. The van der Waals surface area contributed by atoms with Gasteiger partial charge in [0.15, 0.2) is 5.60 Å². The van der Waals surface area contributed by atoms with Gasteiger partial charge in [-0.25, -0.2) is 9.59 Å². The van der Waals surface area contributed by atoms with Gasteiger partial charge in [-0.3, -0.25) is 9.59 Å². The molecule has 0 radical (unpaired) electrons. The van der Waals surface area contributed by atoms with E-state index in [1.807, 2.05) is 6.92 Å². The zero-order valence-electron chi connectivity index (χ0n) is 29.3. The summed E-state index contributed by atoms with van der Waals surface area (Å²) in [5.41, 5.74) is -2.32. The van der Waals surface area contributed by atoms with Gasteiger partial charge in [-0.05, 0) is 77.8 Å². The predicted octanol–water partition coefficient (Wildman–Crippen LogP) is 0.730.